The first-order valence-corrected chi connectivity index (χ1v) is 11.4. The summed E-state index contributed by atoms with van der Waals surface area (Å²) < 4.78 is 11.3. The Morgan fingerprint density at radius 3 is 2.47 bits per heavy atom. The number of nitrogens with one attached hydrogen (secondary N) is 1. The van der Waals surface area contributed by atoms with Crippen LogP contribution in [-0.4, -0.2) is 22.4 Å². The van der Waals surface area contributed by atoms with Crippen LogP contribution in [0.25, 0.3) is 17.0 Å². The fourth-order valence-electron chi connectivity index (χ4n) is 4.13. The number of ether oxygens (including phenoxy) is 1. The summed E-state index contributed by atoms with van der Waals surface area (Å²) in [6.07, 6.45) is 0. The van der Waals surface area contributed by atoms with Crippen LogP contribution in [0.15, 0.2) is 89.1 Å². The molecule has 1 aliphatic rings. The van der Waals surface area contributed by atoms with E-state index in [0.29, 0.717) is 16.8 Å². The van der Waals surface area contributed by atoms with E-state index in [1.54, 1.807) is 7.11 Å². The lowest BCUT2D eigenvalue weighted by Gasteiger charge is -2.37. The molecule has 0 saturated heterocycles. The van der Waals surface area contributed by atoms with E-state index in [2.05, 4.69) is 10.5 Å². The molecule has 0 aliphatic carbocycles. The Balaban J connectivity index is 1.65. The molecule has 1 aromatic heterocycles. The Morgan fingerprint density at radius 1 is 0.971 bits per heavy atom. The van der Waals surface area contributed by atoms with E-state index >= 15 is 0 Å². The highest BCUT2D eigenvalue weighted by molar-refractivity contribution is 7.80. The number of aromatic nitrogens is 2. The van der Waals surface area contributed by atoms with Crippen LogP contribution in [0.5, 0.6) is 5.75 Å². The average Bonchev–Trinajstić information content (AvgIpc) is 3.34. The predicted molar refractivity (Wildman–Crippen MR) is 137 cm³/mol. The number of hydrogen-bond donors (Lipinski definition) is 1. The van der Waals surface area contributed by atoms with Crippen LogP contribution in [0, 0.1) is 6.92 Å². The zero-order valence-corrected chi connectivity index (χ0v) is 20.0. The number of anilines is 1. The maximum absolute atomic E-state index is 5.83. The molecule has 1 atom stereocenters. The van der Waals surface area contributed by atoms with Crippen molar-refractivity contribution < 1.29 is 9.26 Å². The number of hydrogen-bond acceptors (Lipinski definition) is 5. The van der Waals surface area contributed by atoms with Gasteiger partial charge in [-0.1, -0.05) is 65.3 Å². The number of rotatable bonds is 5. The minimum atomic E-state index is -0.283. The first-order chi connectivity index (χ1) is 16.5. The third-order valence-electron chi connectivity index (χ3n) is 5.89. The van der Waals surface area contributed by atoms with E-state index in [0.717, 1.165) is 33.8 Å². The molecule has 0 saturated carbocycles. The second-order valence-corrected chi connectivity index (χ2v) is 8.51. The summed E-state index contributed by atoms with van der Waals surface area (Å²) in [6, 6.07) is 25.7. The number of allylic oxidation sites excluding steroid dienone is 1. The monoisotopic (exact) mass is 468 g/mol. The molecule has 1 aliphatic heterocycles. The van der Waals surface area contributed by atoms with E-state index in [1.807, 2.05) is 97.6 Å². The quantitative estimate of drug-likeness (QED) is 0.365. The Labute approximate surface area is 203 Å². The topological polar surface area (TPSA) is 63.4 Å². The van der Waals surface area contributed by atoms with Crippen molar-refractivity contribution in [3.63, 3.8) is 0 Å². The van der Waals surface area contributed by atoms with Crippen molar-refractivity contribution >= 4 is 28.6 Å². The fraction of sp³-hybridized carbons (Fsp3) is 0.148. The molecular formula is C27H24N4O2S. The van der Waals surface area contributed by atoms with Crippen molar-refractivity contribution in [3.05, 3.63) is 102 Å². The molecule has 6 nitrogen and oxygen atoms in total. The highest BCUT2D eigenvalue weighted by Gasteiger charge is 2.34. The SMILES string of the molecule is COc1cccc(C2NC(=S)N(c3ccccc3)C(C)=C2c2nc(-c3ccc(C)cc3)no2)c1. The fourth-order valence-corrected chi connectivity index (χ4v) is 4.49. The summed E-state index contributed by atoms with van der Waals surface area (Å²) in [5, 5.41) is 8.36. The zero-order chi connectivity index (χ0) is 23.7. The molecule has 0 spiro atoms. The Kier molecular flexibility index (Phi) is 5.86. The van der Waals surface area contributed by atoms with Gasteiger partial charge in [-0.3, -0.25) is 4.90 Å². The van der Waals surface area contributed by atoms with Gasteiger partial charge in [-0.15, -0.1) is 0 Å². The van der Waals surface area contributed by atoms with Crippen LogP contribution >= 0.6 is 12.2 Å². The Bertz CT molecular complexity index is 1360. The second kappa shape index (κ2) is 9.11. The van der Waals surface area contributed by atoms with Crippen molar-refractivity contribution in [3.8, 4) is 17.1 Å². The molecule has 1 unspecified atom stereocenters. The van der Waals surface area contributed by atoms with Crippen molar-refractivity contribution in [2.75, 3.05) is 12.0 Å². The van der Waals surface area contributed by atoms with Crippen LogP contribution in [0.2, 0.25) is 0 Å². The number of thiocarbonyl (C=S) groups is 1. The predicted octanol–water partition coefficient (Wildman–Crippen LogP) is 5.92. The average molecular weight is 469 g/mol. The third-order valence-corrected chi connectivity index (χ3v) is 6.19. The number of para-hydroxylation sites is 1. The summed E-state index contributed by atoms with van der Waals surface area (Å²) >= 11 is 5.80. The smallest absolute Gasteiger partial charge is 0.258 e. The number of aryl methyl sites for hydroxylation is 1. The molecule has 0 radical (unpaired) electrons. The maximum Gasteiger partial charge on any atom is 0.258 e. The van der Waals surface area contributed by atoms with Gasteiger partial charge in [0.25, 0.3) is 5.89 Å². The maximum atomic E-state index is 5.83. The first kappa shape index (κ1) is 21.9. The lowest BCUT2D eigenvalue weighted by atomic mass is 9.94. The van der Waals surface area contributed by atoms with E-state index < -0.39 is 0 Å². The van der Waals surface area contributed by atoms with Crippen molar-refractivity contribution in [1.82, 2.24) is 15.5 Å². The van der Waals surface area contributed by atoms with Crippen LogP contribution < -0.4 is 15.0 Å². The molecule has 7 heteroatoms. The first-order valence-electron chi connectivity index (χ1n) is 11.0. The van der Waals surface area contributed by atoms with Crippen LogP contribution in [-0.2, 0) is 0 Å². The number of benzene rings is 3. The molecular weight excluding hydrogens is 444 g/mol. The molecule has 0 amide bonds. The molecule has 0 bridgehead atoms. The Morgan fingerprint density at radius 2 is 1.74 bits per heavy atom. The van der Waals surface area contributed by atoms with Gasteiger partial charge in [0.05, 0.1) is 18.7 Å². The van der Waals surface area contributed by atoms with E-state index in [1.165, 1.54) is 5.56 Å². The summed E-state index contributed by atoms with van der Waals surface area (Å²) in [7, 11) is 1.66. The van der Waals surface area contributed by atoms with Crippen LogP contribution in [0.4, 0.5) is 5.69 Å². The summed E-state index contributed by atoms with van der Waals surface area (Å²) in [6.45, 7) is 4.07. The van der Waals surface area contributed by atoms with Crippen LogP contribution in [0.1, 0.15) is 30.0 Å². The minimum absolute atomic E-state index is 0.283. The molecule has 2 heterocycles. The van der Waals surface area contributed by atoms with Gasteiger partial charge < -0.3 is 14.6 Å². The summed E-state index contributed by atoms with van der Waals surface area (Å²) in [5.74, 6) is 1.74. The molecule has 4 aromatic rings. The summed E-state index contributed by atoms with van der Waals surface area (Å²) in [5.41, 5.74) is 5.79. The third kappa shape index (κ3) is 4.06. The molecule has 170 valence electrons. The highest BCUT2D eigenvalue weighted by atomic mass is 32.1. The van der Waals surface area contributed by atoms with Crippen molar-refractivity contribution in [2.24, 2.45) is 0 Å². The largest absolute Gasteiger partial charge is 0.497 e. The van der Waals surface area contributed by atoms with E-state index in [9.17, 15) is 0 Å². The normalized spacial score (nSPS) is 15.9. The molecule has 3 aromatic carbocycles. The van der Waals surface area contributed by atoms with Crippen LogP contribution in [0.3, 0.4) is 0 Å². The lowest BCUT2D eigenvalue weighted by molar-refractivity contribution is 0.403. The van der Waals surface area contributed by atoms with Crippen molar-refractivity contribution in [1.29, 1.82) is 0 Å². The van der Waals surface area contributed by atoms with E-state index in [-0.39, 0.29) is 6.04 Å². The lowest BCUT2D eigenvalue weighted by Crippen LogP contribution is -2.46. The second-order valence-electron chi connectivity index (χ2n) is 8.12. The van der Waals surface area contributed by atoms with Crippen molar-refractivity contribution in [2.45, 2.75) is 19.9 Å². The molecule has 34 heavy (non-hydrogen) atoms. The zero-order valence-electron chi connectivity index (χ0n) is 19.1. The summed E-state index contributed by atoms with van der Waals surface area (Å²) in [4.78, 5) is 6.78. The van der Waals surface area contributed by atoms with Gasteiger partial charge in [-0.2, -0.15) is 4.98 Å². The van der Waals surface area contributed by atoms with Gasteiger partial charge >= 0.3 is 0 Å². The van der Waals surface area contributed by atoms with Gasteiger partial charge in [-0.25, -0.2) is 0 Å². The van der Waals surface area contributed by atoms with Gasteiger partial charge in [0.1, 0.15) is 5.75 Å². The minimum Gasteiger partial charge on any atom is -0.497 e. The van der Waals surface area contributed by atoms with Gasteiger partial charge in [-0.05, 0) is 55.9 Å². The van der Waals surface area contributed by atoms with E-state index in [4.69, 9.17) is 26.5 Å². The molecule has 5 rings (SSSR count). The molecule has 0 fully saturated rings. The van der Waals surface area contributed by atoms with Gasteiger partial charge in [0.2, 0.25) is 5.82 Å². The molecule has 1 N–H and O–H groups in total. The standard InChI is InChI=1S/C27H24N4O2S/c1-17-12-14-19(15-13-17)25-29-26(33-30-25)23-18(2)31(21-9-5-4-6-10-21)27(34)28-24(23)20-8-7-11-22(16-20)32-3/h4-16,24H,1-3H3,(H,28,34). The number of nitrogens with zero attached hydrogens (tertiary/aromatic N) is 3. The number of methoxy groups -OCH3 is 1. The van der Waals surface area contributed by atoms with Gasteiger partial charge in [0.15, 0.2) is 5.11 Å². The highest BCUT2D eigenvalue weighted by Crippen LogP contribution is 2.39. The Hall–Kier alpha value is -3.97. The van der Waals surface area contributed by atoms with Gasteiger partial charge in [0, 0.05) is 16.9 Å².